The Balaban J connectivity index is 2.10. The van der Waals surface area contributed by atoms with Gasteiger partial charge in [-0.05, 0) is 23.1 Å². The molecule has 0 heterocycles. The first-order chi connectivity index (χ1) is 10.4. The summed E-state index contributed by atoms with van der Waals surface area (Å²) < 4.78 is 5.15. The Hall–Kier alpha value is -2.49. The van der Waals surface area contributed by atoms with Gasteiger partial charge in [0.1, 0.15) is 5.75 Å². The Labute approximate surface area is 131 Å². The van der Waals surface area contributed by atoms with Crippen molar-refractivity contribution in [2.75, 3.05) is 18.2 Å². The maximum absolute atomic E-state index is 12.3. The van der Waals surface area contributed by atoms with Gasteiger partial charge in [0.25, 0.3) is 0 Å². The first-order valence-electron chi connectivity index (χ1n) is 7.21. The van der Waals surface area contributed by atoms with Gasteiger partial charge in [-0.1, -0.05) is 44.2 Å². The number of hydrogen-bond acceptors (Lipinski definition) is 3. The number of carbonyl (C=O) groups is 1. The molecule has 4 heteroatoms. The third-order valence-corrected chi connectivity index (χ3v) is 3.69. The third kappa shape index (κ3) is 3.79. The van der Waals surface area contributed by atoms with Crippen LogP contribution in [0.15, 0.2) is 48.5 Å². The van der Waals surface area contributed by atoms with Gasteiger partial charge in [-0.15, -0.1) is 0 Å². The van der Waals surface area contributed by atoms with E-state index in [1.807, 2.05) is 30.3 Å². The van der Waals surface area contributed by atoms with Crippen LogP contribution in [-0.4, -0.2) is 13.0 Å². The zero-order chi connectivity index (χ0) is 16.2. The van der Waals surface area contributed by atoms with Crippen LogP contribution in [0.3, 0.4) is 0 Å². The Morgan fingerprint density at radius 1 is 1.18 bits per heavy atom. The van der Waals surface area contributed by atoms with Gasteiger partial charge in [-0.2, -0.15) is 0 Å². The first kappa shape index (κ1) is 15.9. The molecule has 0 fully saturated rings. The number of amides is 1. The molecule has 0 saturated heterocycles. The van der Waals surface area contributed by atoms with Crippen LogP contribution in [0, 0.1) is 0 Å². The second-order valence-electron chi connectivity index (χ2n) is 5.93. The number of hydrogen-bond donors (Lipinski definition) is 2. The summed E-state index contributed by atoms with van der Waals surface area (Å²) in [7, 11) is 1.58. The molecule has 0 radical (unpaired) electrons. The van der Waals surface area contributed by atoms with E-state index in [1.165, 1.54) is 0 Å². The van der Waals surface area contributed by atoms with Gasteiger partial charge >= 0.3 is 0 Å². The van der Waals surface area contributed by atoms with Crippen molar-refractivity contribution in [2.45, 2.75) is 25.7 Å². The van der Waals surface area contributed by atoms with Crippen LogP contribution >= 0.6 is 0 Å². The van der Waals surface area contributed by atoms with Gasteiger partial charge < -0.3 is 15.8 Å². The number of nitrogens with one attached hydrogen (secondary N) is 1. The second-order valence-corrected chi connectivity index (χ2v) is 5.93. The van der Waals surface area contributed by atoms with Crippen LogP contribution in [0.4, 0.5) is 11.4 Å². The summed E-state index contributed by atoms with van der Waals surface area (Å²) in [6, 6.07) is 15.2. The highest BCUT2D eigenvalue weighted by Gasteiger charge is 2.24. The third-order valence-electron chi connectivity index (χ3n) is 3.69. The van der Waals surface area contributed by atoms with Crippen LogP contribution in [-0.2, 0) is 10.2 Å². The fourth-order valence-corrected chi connectivity index (χ4v) is 2.36. The molecule has 0 aliphatic heterocycles. The van der Waals surface area contributed by atoms with E-state index in [1.54, 1.807) is 25.3 Å². The van der Waals surface area contributed by atoms with Crippen molar-refractivity contribution in [3.05, 3.63) is 54.1 Å². The van der Waals surface area contributed by atoms with Crippen molar-refractivity contribution in [2.24, 2.45) is 0 Å². The summed E-state index contributed by atoms with van der Waals surface area (Å²) in [5.74, 6) is 0.584. The van der Waals surface area contributed by atoms with Crippen LogP contribution < -0.4 is 15.8 Å². The number of rotatable bonds is 5. The van der Waals surface area contributed by atoms with Crippen LogP contribution in [0.25, 0.3) is 0 Å². The summed E-state index contributed by atoms with van der Waals surface area (Å²) in [5.41, 5.74) is 7.87. The molecule has 0 aliphatic carbocycles. The van der Waals surface area contributed by atoms with Crippen molar-refractivity contribution in [1.82, 2.24) is 0 Å². The van der Waals surface area contributed by atoms with Crippen LogP contribution in [0.2, 0.25) is 0 Å². The quantitative estimate of drug-likeness (QED) is 0.829. The molecule has 0 bridgehead atoms. The minimum Gasteiger partial charge on any atom is -0.497 e. The number of carbonyl (C=O) groups excluding carboxylic acids is 1. The molecule has 0 atom stereocenters. The highest BCUT2D eigenvalue weighted by atomic mass is 16.5. The summed E-state index contributed by atoms with van der Waals surface area (Å²) in [4.78, 5) is 12.3. The van der Waals surface area contributed by atoms with Crippen molar-refractivity contribution < 1.29 is 9.53 Å². The largest absolute Gasteiger partial charge is 0.497 e. The topological polar surface area (TPSA) is 64.3 Å². The van der Waals surface area contributed by atoms with Crippen molar-refractivity contribution in [3.63, 3.8) is 0 Å². The average molecular weight is 298 g/mol. The zero-order valence-electron chi connectivity index (χ0n) is 13.2. The molecule has 0 spiro atoms. The average Bonchev–Trinajstić information content (AvgIpc) is 2.50. The Morgan fingerprint density at radius 3 is 2.50 bits per heavy atom. The monoisotopic (exact) mass is 298 g/mol. The lowest BCUT2D eigenvalue weighted by Crippen LogP contribution is -2.26. The number of ether oxygens (including phenoxy) is 1. The molecular weight excluding hydrogens is 276 g/mol. The lowest BCUT2D eigenvalue weighted by atomic mass is 9.81. The summed E-state index contributed by atoms with van der Waals surface area (Å²) >= 11 is 0. The molecule has 2 aromatic carbocycles. The van der Waals surface area contributed by atoms with Crippen molar-refractivity contribution in [1.29, 1.82) is 0 Å². The van der Waals surface area contributed by atoms with Crippen molar-refractivity contribution in [3.8, 4) is 5.75 Å². The smallest absolute Gasteiger partial charge is 0.225 e. The van der Waals surface area contributed by atoms with Crippen LogP contribution in [0.5, 0.6) is 5.75 Å². The van der Waals surface area contributed by atoms with Gasteiger partial charge in [0.05, 0.1) is 18.5 Å². The number of anilines is 2. The number of nitrogen functional groups attached to an aromatic ring is 1. The van der Waals surface area contributed by atoms with Gasteiger partial charge in [0.15, 0.2) is 0 Å². The molecule has 116 valence electrons. The SMILES string of the molecule is COc1ccc(N)c(NC(=O)CC(C)(C)c2ccccc2)c1. The van der Waals surface area contributed by atoms with E-state index in [0.29, 0.717) is 23.5 Å². The predicted octanol–water partition coefficient (Wildman–Crippen LogP) is 3.58. The summed E-state index contributed by atoms with van der Waals surface area (Å²) in [6.07, 6.45) is 0.369. The minimum atomic E-state index is -0.251. The molecule has 22 heavy (non-hydrogen) atoms. The van der Waals surface area contributed by atoms with E-state index in [0.717, 1.165) is 5.56 Å². The maximum atomic E-state index is 12.3. The number of benzene rings is 2. The Bertz CT molecular complexity index is 651. The molecule has 0 unspecified atom stereocenters. The highest BCUT2D eigenvalue weighted by molar-refractivity contribution is 5.94. The standard InChI is InChI=1S/C18H22N2O2/c1-18(2,13-7-5-4-6-8-13)12-17(21)20-16-11-14(22-3)9-10-15(16)19/h4-11H,12,19H2,1-3H3,(H,20,21). The summed E-state index contributed by atoms with van der Waals surface area (Å²) in [5, 5.41) is 2.87. The van der Waals surface area contributed by atoms with Gasteiger partial charge in [-0.25, -0.2) is 0 Å². The molecular formula is C18H22N2O2. The summed E-state index contributed by atoms with van der Waals surface area (Å²) in [6.45, 7) is 4.10. The first-order valence-corrected chi connectivity index (χ1v) is 7.21. The molecule has 2 rings (SSSR count). The van der Waals surface area contributed by atoms with Crippen molar-refractivity contribution >= 4 is 17.3 Å². The van der Waals surface area contributed by atoms with Crippen LogP contribution in [0.1, 0.15) is 25.8 Å². The fraction of sp³-hybridized carbons (Fsp3) is 0.278. The molecule has 1 amide bonds. The lowest BCUT2D eigenvalue weighted by Gasteiger charge is -2.24. The molecule has 3 N–H and O–H groups in total. The predicted molar refractivity (Wildman–Crippen MR) is 90.1 cm³/mol. The molecule has 0 saturated carbocycles. The van der Waals surface area contributed by atoms with E-state index in [4.69, 9.17) is 10.5 Å². The Morgan fingerprint density at radius 2 is 1.86 bits per heavy atom. The fourth-order valence-electron chi connectivity index (χ4n) is 2.36. The van der Waals surface area contributed by atoms with Gasteiger partial charge in [0, 0.05) is 12.5 Å². The van der Waals surface area contributed by atoms with E-state index in [9.17, 15) is 4.79 Å². The maximum Gasteiger partial charge on any atom is 0.225 e. The molecule has 0 aliphatic rings. The van der Waals surface area contributed by atoms with E-state index < -0.39 is 0 Å². The molecule has 4 nitrogen and oxygen atoms in total. The minimum absolute atomic E-state index is 0.0752. The lowest BCUT2D eigenvalue weighted by molar-refractivity contribution is -0.117. The van der Waals surface area contributed by atoms with E-state index in [2.05, 4.69) is 19.2 Å². The molecule has 2 aromatic rings. The van der Waals surface area contributed by atoms with Gasteiger partial charge in [0.2, 0.25) is 5.91 Å². The zero-order valence-corrected chi connectivity index (χ0v) is 13.2. The van der Waals surface area contributed by atoms with Gasteiger partial charge in [-0.3, -0.25) is 4.79 Å². The number of nitrogens with two attached hydrogens (primary N) is 1. The highest BCUT2D eigenvalue weighted by Crippen LogP contribution is 2.29. The number of methoxy groups -OCH3 is 1. The second kappa shape index (κ2) is 6.52. The van der Waals surface area contributed by atoms with E-state index >= 15 is 0 Å². The molecule has 0 aromatic heterocycles. The normalized spacial score (nSPS) is 11.0. The Kier molecular flexibility index (Phi) is 4.71. The van der Waals surface area contributed by atoms with E-state index in [-0.39, 0.29) is 11.3 Å².